The summed E-state index contributed by atoms with van der Waals surface area (Å²) in [6, 6.07) is 11.9. The van der Waals surface area contributed by atoms with Gasteiger partial charge in [-0.1, -0.05) is 29.8 Å². The van der Waals surface area contributed by atoms with E-state index in [4.69, 9.17) is 16.9 Å². The number of para-hydroxylation sites is 1. The van der Waals surface area contributed by atoms with Gasteiger partial charge in [-0.05, 0) is 29.8 Å². The Labute approximate surface area is 118 Å². The van der Waals surface area contributed by atoms with E-state index in [1.807, 2.05) is 6.07 Å². The van der Waals surface area contributed by atoms with Crippen molar-refractivity contribution in [3.8, 4) is 22.9 Å². The molecule has 0 aromatic heterocycles. The highest BCUT2D eigenvalue weighted by molar-refractivity contribution is 6.31. The molecule has 0 bridgehead atoms. The van der Waals surface area contributed by atoms with Crippen LogP contribution < -0.4 is 4.74 Å². The SMILES string of the molecule is N#Cc1cc(Cl)cc(-c2ccccc2OC(F)(F)F)c1. The van der Waals surface area contributed by atoms with Crippen LogP contribution in [0.3, 0.4) is 0 Å². The second kappa shape index (κ2) is 5.43. The highest BCUT2D eigenvalue weighted by atomic mass is 35.5. The van der Waals surface area contributed by atoms with Gasteiger partial charge in [-0.25, -0.2) is 0 Å². The van der Waals surface area contributed by atoms with Gasteiger partial charge in [0, 0.05) is 10.6 Å². The van der Waals surface area contributed by atoms with Crippen LogP contribution in [0.1, 0.15) is 5.56 Å². The van der Waals surface area contributed by atoms with Crippen molar-refractivity contribution < 1.29 is 17.9 Å². The van der Waals surface area contributed by atoms with Crippen molar-refractivity contribution in [3.63, 3.8) is 0 Å². The van der Waals surface area contributed by atoms with E-state index in [-0.39, 0.29) is 21.9 Å². The first-order valence-corrected chi connectivity index (χ1v) is 5.83. The van der Waals surface area contributed by atoms with Crippen LogP contribution in [0.25, 0.3) is 11.1 Å². The standard InChI is InChI=1S/C14H7ClF3NO/c15-11-6-9(8-19)5-10(7-11)12-3-1-2-4-13(12)20-14(16,17)18/h1-7H. The maximum atomic E-state index is 12.4. The monoisotopic (exact) mass is 297 g/mol. The maximum Gasteiger partial charge on any atom is 0.573 e. The first-order valence-electron chi connectivity index (χ1n) is 5.45. The van der Waals surface area contributed by atoms with Crippen molar-refractivity contribution in [2.45, 2.75) is 6.36 Å². The molecule has 2 aromatic rings. The van der Waals surface area contributed by atoms with Crippen molar-refractivity contribution >= 4 is 11.6 Å². The Morgan fingerprint density at radius 3 is 2.45 bits per heavy atom. The van der Waals surface area contributed by atoms with Crippen LogP contribution in [0.2, 0.25) is 5.02 Å². The maximum absolute atomic E-state index is 12.4. The average molecular weight is 298 g/mol. The first-order chi connectivity index (χ1) is 9.39. The molecule has 20 heavy (non-hydrogen) atoms. The van der Waals surface area contributed by atoms with E-state index in [0.29, 0.717) is 5.56 Å². The zero-order valence-electron chi connectivity index (χ0n) is 9.91. The van der Waals surface area contributed by atoms with Gasteiger partial charge in [0.15, 0.2) is 0 Å². The molecule has 0 amide bonds. The van der Waals surface area contributed by atoms with Gasteiger partial charge in [-0.2, -0.15) is 5.26 Å². The molecule has 2 rings (SSSR count). The summed E-state index contributed by atoms with van der Waals surface area (Å²) in [4.78, 5) is 0. The minimum atomic E-state index is -4.78. The first kappa shape index (κ1) is 14.2. The lowest BCUT2D eigenvalue weighted by molar-refractivity contribution is -0.274. The number of ether oxygens (including phenoxy) is 1. The zero-order chi connectivity index (χ0) is 14.8. The fourth-order valence-corrected chi connectivity index (χ4v) is 1.96. The van der Waals surface area contributed by atoms with Crippen LogP contribution in [0, 0.1) is 11.3 Å². The number of rotatable bonds is 2. The van der Waals surface area contributed by atoms with Crippen molar-refractivity contribution in [3.05, 3.63) is 53.1 Å². The van der Waals surface area contributed by atoms with E-state index in [0.717, 1.165) is 0 Å². The lowest BCUT2D eigenvalue weighted by Crippen LogP contribution is -2.17. The van der Waals surface area contributed by atoms with Gasteiger partial charge in [0.25, 0.3) is 0 Å². The van der Waals surface area contributed by atoms with Crippen LogP contribution >= 0.6 is 11.6 Å². The van der Waals surface area contributed by atoms with Gasteiger partial charge < -0.3 is 4.74 Å². The summed E-state index contributed by atoms with van der Waals surface area (Å²) < 4.78 is 41.1. The predicted octanol–water partition coefficient (Wildman–Crippen LogP) is 4.78. The predicted molar refractivity (Wildman–Crippen MR) is 68.3 cm³/mol. The Kier molecular flexibility index (Phi) is 3.86. The third kappa shape index (κ3) is 3.43. The molecule has 0 atom stereocenters. The molecule has 0 N–H and O–H groups in total. The number of hydrogen-bond acceptors (Lipinski definition) is 2. The summed E-state index contributed by atoms with van der Waals surface area (Å²) in [6.45, 7) is 0. The molecule has 0 aliphatic rings. The summed E-state index contributed by atoms with van der Waals surface area (Å²) in [5, 5.41) is 9.13. The van der Waals surface area contributed by atoms with Crippen molar-refractivity contribution in [2.24, 2.45) is 0 Å². The van der Waals surface area contributed by atoms with E-state index in [1.54, 1.807) is 6.07 Å². The topological polar surface area (TPSA) is 33.0 Å². The number of alkyl halides is 3. The van der Waals surface area contributed by atoms with Crippen molar-refractivity contribution in [1.29, 1.82) is 5.26 Å². The average Bonchev–Trinajstić information content (AvgIpc) is 2.36. The molecule has 0 fully saturated rings. The number of halogens is 4. The molecule has 0 aliphatic carbocycles. The summed E-state index contributed by atoms with van der Waals surface area (Å²) >= 11 is 5.85. The van der Waals surface area contributed by atoms with E-state index in [9.17, 15) is 13.2 Å². The number of benzene rings is 2. The zero-order valence-corrected chi connectivity index (χ0v) is 10.7. The Morgan fingerprint density at radius 2 is 1.80 bits per heavy atom. The van der Waals surface area contributed by atoms with Crippen LogP contribution in [0.5, 0.6) is 5.75 Å². The number of nitriles is 1. The van der Waals surface area contributed by atoms with Gasteiger partial charge in [0.1, 0.15) is 5.75 Å². The third-order valence-corrected chi connectivity index (χ3v) is 2.67. The van der Waals surface area contributed by atoms with E-state index in [1.165, 1.54) is 36.4 Å². The Bertz CT molecular complexity index is 677. The lowest BCUT2D eigenvalue weighted by Gasteiger charge is -2.13. The molecule has 0 aliphatic heterocycles. The molecule has 0 saturated heterocycles. The van der Waals surface area contributed by atoms with E-state index < -0.39 is 6.36 Å². The third-order valence-electron chi connectivity index (χ3n) is 2.45. The molecule has 0 spiro atoms. The second-order valence-electron chi connectivity index (χ2n) is 3.88. The van der Waals surface area contributed by atoms with Crippen LogP contribution in [0.4, 0.5) is 13.2 Å². The Morgan fingerprint density at radius 1 is 1.10 bits per heavy atom. The Hall–Kier alpha value is -2.19. The van der Waals surface area contributed by atoms with Crippen molar-refractivity contribution in [2.75, 3.05) is 0 Å². The highest BCUT2D eigenvalue weighted by Gasteiger charge is 2.32. The summed E-state index contributed by atoms with van der Waals surface area (Å²) in [6.07, 6.45) is -4.78. The molecule has 2 nitrogen and oxygen atoms in total. The fraction of sp³-hybridized carbons (Fsp3) is 0.0714. The highest BCUT2D eigenvalue weighted by Crippen LogP contribution is 2.35. The summed E-state index contributed by atoms with van der Waals surface area (Å²) in [5.74, 6) is -0.342. The molecule has 0 radical (unpaired) electrons. The Balaban J connectivity index is 2.53. The van der Waals surface area contributed by atoms with Gasteiger partial charge in [-0.3, -0.25) is 0 Å². The molecule has 2 aromatic carbocycles. The summed E-state index contributed by atoms with van der Waals surface area (Å²) in [7, 11) is 0. The van der Waals surface area contributed by atoms with Gasteiger partial charge in [0.2, 0.25) is 0 Å². The molecular weight excluding hydrogens is 291 g/mol. The molecular formula is C14H7ClF3NO. The molecule has 0 heterocycles. The van der Waals surface area contributed by atoms with E-state index >= 15 is 0 Å². The van der Waals surface area contributed by atoms with Gasteiger partial charge in [0.05, 0.1) is 11.6 Å². The lowest BCUT2D eigenvalue weighted by atomic mass is 10.0. The molecule has 0 unspecified atom stereocenters. The number of hydrogen-bond donors (Lipinski definition) is 0. The molecule has 0 saturated carbocycles. The number of nitrogens with zero attached hydrogens (tertiary/aromatic N) is 1. The molecule has 102 valence electrons. The van der Waals surface area contributed by atoms with Gasteiger partial charge in [-0.15, -0.1) is 13.2 Å². The largest absolute Gasteiger partial charge is 0.573 e. The molecule has 6 heteroatoms. The van der Waals surface area contributed by atoms with Crippen LogP contribution in [-0.4, -0.2) is 6.36 Å². The van der Waals surface area contributed by atoms with Crippen molar-refractivity contribution in [1.82, 2.24) is 0 Å². The van der Waals surface area contributed by atoms with E-state index in [2.05, 4.69) is 4.74 Å². The smallest absolute Gasteiger partial charge is 0.405 e. The minimum absolute atomic E-state index is 0.212. The fourth-order valence-electron chi connectivity index (χ4n) is 1.73. The second-order valence-corrected chi connectivity index (χ2v) is 4.32. The normalized spacial score (nSPS) is 10.9. The minimum Gasteiger partial charge on any atom is -0.405 e. The summed E-state index contributed by atoms with van der Waals surface area (Å²) in [5.41, 5.74) is 0.854. The van der Waals surface area contributed by atoms with Crippen LogP contribution in [-0.2, 0) is 0 Å². The van der Waals surface area contributed by atoms with Gasteiger partial charge >= 0.3 is 6.36 Å². The van der Waals surface area contributed by atoms with Crippen LogP contribution in [0.15, 0.2) is 42.5 Å². The quantitative estimate of drug-likeness (QED) is 0.799.